The highest BCUT2D eigenvalue weighted by molar-refractivity contribution is 7.16. The van der Waals surface area contributed by atoms with Crippen molar-refractivity contribution in [2.24, 2.45) is 4.99 Å². The maximum absolute atomic E-state index is 12.7. The van der Waals surface area contributed by atoms with Crippen molar-refractivity contribution in [1.29, 1.82) is 0 Å². The van der Waals surface area contributed by atoms with Gasteiger partial charge in [-0.2, -0.15) is 4.99 Å². The molecule has 5 heteroatoms. The fourth-order valence-corrected chi connectivity index (χ4v) is 3.98. The quantitative estimate of drug-likeness (QED) is 0.645. The van der Waals surface area contributed by atoms with Crippen molar-refractivity contribution >= 4 is 27.5 Å². The van der Waals surface area contributed by atoms with E-state index in [2.05, 4.69) is 16.5 Å². The molecule has 2 aromatic carbocycles. The Kier molecular flexibility index (Phi) is 5.57. The van der Waals surface area contributed by atoms with E-state index < -0.39 is 0 Å². The van der Waals surface area contributed by atoms with Gasteiger partial charge in [0.15, 0.2) is 4.80 Å². The largest absolute Gasteiger partial charge is 0.492 e. The molecule has 4 nitrogen and oxygen atoms in total. The summed E-state index contributed by atoms with van der Waals surface area (Å²) in [5.74, 6) is 0.636. The van der Waals surface area contributed by atoms with Gasteiger partial charge in [0.25, 0.3) is 5.91 Å². The van der Waals surface area contributed by atoms with Gasteiger partial charge in [0.2, 0.25) is 0 Å². The Hall–Kier alpha value is -2.40. The summed E-state index contributed by atoms with van der Waals surface area (Å²) in [6.45, 7) is 9.55. The number of aryl methyl sites for hydroxylation is 3. The summed E-state index contributed by atoms with van der Waals surface area (Å²) in [6.07, 6.45) is 0.956. The van der Waals surface area contributed by atoms with Crippen LogP contribution >= 0.6 is 11.3 Å². The first-order chi connectivity index (χ1) is 12.5. The summed E-state index contributed by atoms with van der Waals surface area (Å²) in [5.41, 5.74) is 3.92. The fraction of sp³-hybridized carbons (Fsp3) is 0.333. The Balaban J connectivity index is 2.15. The molecule has 1 heterocycles. The van der Waals surface area contributed by atoms with E-state index in [-0.39, 0.29) is 5.91 Å². The van der Waals surface area contributed by atoms with Crippen molar-refractivity contribution in [2.75, 3.05) is 6.61 Å². The van der Waals surface area contributed by atoms with Crippen LogP contribution in [0.1, 0.15) is 41.8 Å². The Morgan fingerprint density at radius 1 is 1.15 bits per heavy atom. The third-order valence-electron chi connectivity index (χ3n) is 4.36. The molecule has 3 aromatic rings. The number of benzene rings is 2. The number of aromatic nitrogens is 1. The van der Waals surface area contributed by atoms with Crippen molar-refractivity contribution < 1.29 is 9.53 Å². The minimum absolute atomic E-state index is 0.206. The van der Waals surface area contributed by atoms with Crippen molar-refractivity contribution in [3.8, 4) is 5.75 Å². The lowest BCUT2D eigenvalue weighted by Gasteiger charge is -2.08. The van der Waals surface area contributed by atoms with Crippen molar-refractivity contribution in [3.63, 3.8) is 0 Å². The number of rotatable bonds is 5. The van der Waals surface area contributed by atoms with Crippen LogP contribution in [0.15, 0.2) is 41.4 Å². The molecule has 0 radical (unpaired) electrons. The molecular formula is C21H24N2O2S. The summed E-state index contributed by atoms with van der Waals surface area (Å²) < 4.78 is 8.98. The highest BCUT2D eigenvalue weighted by Crippen LogP contribution is 2.28. The van der Waals surface area contributed by atoms with E-state index in [9.17, 15) is 4.79 Å². The van der Waals surface area contributed by atoms with Crippen LogP contribution in [0.3, 0.4) is 0 Å². The predicted molar refractivity (Wildman–Crippen MR) is 107 cm³/mol. The average molecular weight is 369 g/mol. The first-order valence-electron chi connectivity index (χ1n) is 8.96. The lowest BCUT2D eigenvalue weighted by atomic mass is 10.1. The molecule has 0 aliphatic carbocycles. The maximum atomic E-state index is 12.7. The number of para-hydroxylation sites is 1. The minimum atomic E-state index is -0.206. The van der Waals surface area contributed by atoms with E-state index >= 15 is 0 Å². The SMILES string of the molecule is CCCn1c(=NC(=O)c2ccc(C)c(C)c2)sc2cccc(OCC)c21. The molecule has 0 aliphatic rings. The summed E-state index contributed by atoms with van der Waals surface area (Å²) >= 11 is 1.53. The Morgan fingerprint density at radius 2 is 1.96 bits per heavy atom. The third-order valence-corrected chi connectivity index (χ3v) is 5.41. The monoisotopic (exact) mass is 368 g/mol. The molecule has 0 spiro atoms. The van der Waals surface area contributed by atoms with Crippen molar-refractivity contribution in [2.45, 2.75) is 40.7 Å². The zero-order chi connectivity index (χ0) is 18.7. The van der Waals surface area contributed by atoms with Crippen LogP contribution in [0.4, 0.5) is 0 Å². The molecule has 136 valence electrons. The molecule has 1 aromatic heterocycles. The zero-order valence-electron chi connectivity index (χ0n) is 15.7. The molecule has 0 saturated carbocycles. The van der Waals surface area contributed by atoms with Gasteiger partial charge < -0.3 is 9.30 Å². The van der Waals surface area contributed by atoms with Crippen LogP contribution in [0.2, 0.25) is 0 Å². The first-order valence-corrected chi connectivity index (χ1v) is 9.78. The minimum Gasteiger partial charge on any atom is -0.492 e. The number of nitrogens with zero attached hydrogens (tertiary/aromatic N) is 2. The molecule has 0 atom stereocenters. The Bertz CT molecular complexity index is 1010. The van der Waals surface area contributed by atoms with E-state index in [1.54, 1.807) is 0 Å². The second-order valence-electron chi connectivity index (χ2n) is 6.29. The van der Waals surface area contributed by atoms with Crippen LogP contribution in [0.5, 0.6) is 5.75 Å². The number of ether oxygens (including phenoxy) is 1. The van der Waals surface area contributed by atoms with Crippen LogP contribution < -0.4 is 9.54 Å². The van der Waals surface area contributed by atoms with Crippen LogP contribution in [0, 0.1) is 13.8 Å². The normalized spacial score (nSPS) is 11.9. The molecule has 0 aliphatic heterocycles. The number of carbonyl (C=O) groups excluding carboxylic acids is 1. The molecule has 3 rings (SSSR count). The summed E-state index contributed by atoms with van der Waals surface area (Å²) in [4.78, 5) is 17.9. The van der Waals surface area contributed by atoms with Gasteiger partial charge in [-0.3, -0.25) is 4.79 Å². The standard InChI is InChI=1S/C21H24N2O2S/c1-5-12-23-19-17(25-6-2)8-7-9-18(19)26-21(23)22-20(24)16-11-10-14(3)15(4)13-16/h7-11,13H,5-6,12H2,1-4H3. The number of hydrogen-bond acceptors (Lipinski definition) is 3. The topological polar surface area (TPSA) is 43.6 Å². The number of thiazole rings is 1. The zero-order valence-corrected chi connectivity index (χ0v) is 16.5. The third kappa shape index (κ3) is 3.58. The number of carbonyl (C=O) groups is 1. The van der Waals surface area contributed by atoms with Gasteiger partial charge in [-0.1, -0.05) is 30.4 Å². The molecule has 0 unspecified atom stereocenters. The van der Waals surface area contributed by atoms with E-state index in [0.717, 1.165) is 39.3 Å². The molecule has 1 amide bonds. The van der Waals surface area contributed by atoms with Crippen LogP contribution in [0.25, 0.3) is 10.2 Å². The number of amides is 1. The van der Waals surface area contributed by atoms with Gasteiger partial charge in [0.1, 0.15) is 11.3 Å². The molecule has 0 N–H and O–H groups in total. The molecule has 0 saturated heterocycles. The number of hydrogen-bond donors (Lipinski definition) is 0. The predicted octanol–water partition coefficient (Wildman–Crippen LogP) is 4.87. The van der Waals surface area contributed by atoms with Gasteiger partial charge in [-0.05, 0) is 62.6 Å². The number of fused-ring (bicyclic) bond motifs is 1. The molecule has 0 bridgehead atoms. The van der Waals surface area contributed by atoms with Gasteiger partial charge in [-0.15, -0.1) is 0 Å². The van der Waals surface area contributed by atoms with Crippen molar-refractivity contribution in [3.05, 3.63) is 57.9 Å². The first kappa shape index (κ1) is 18.4. The lowest BCUT2D eigenvalue weighted by molar-refractivity contribution is 0.0997. The fourth-order valence-electron chi connectivity index (χ4n) is 2.91. The van der Waals surface area contributed by atoms with Crippen LogP contribution in [-0.4, -0.2) is 17.1 Å². The van der Waals surface area contributed by atoms with E-state index in [0.29, 0.717) is 12.2 Å². The van der Waals surface area contributed by atoms with Gasteiger partial charge >= 0.3 is 0 Å². The summed E-state index contributed by atoms with van der Waals surface area (Å²) in [7, 11) is 0. The van der Waals surface area contributed by atoms with Crippen LogP contribution in [-0.2, 0) is 6.54 Å². The second kappa shape index (κ2) is 7.87. The lowest BCUT2D eigenvalue weighted by Crippen LogP contribution is -2.17. The highest BCUT2D eigenvalue weighted by Gasteiger charge is 2.13. The van der Waals surface area contributed by atoms with E-state index in [1.807, 2.05) is 57.2 Å². The summed E-state index contributed by atoms with van der Waals surface area (Å²) in [6, 6.07) is 11.7. The average Bonchev–Trinajstić information content (AvgIpc) is 2.96. The second-order valence-corrected chi connectivity index (χ2v) is 7.30. The highest BCUT2D eigenvalue weighted by atomic mass is 32.1. The van der Waals surface area contributed by atoms with Gasteiger partial charge in [-0.25, -0.2) is 0 Å². The van der Waals surface area contributed by atoms with Gasteiger partial charge in [0.05, 0.1) is 11.3 Å². The molecule has 26 heavy (non-hydrogen) atoms. The smallest absolute Gasteiger partial charge is 0.279 e. The summed E-state index contributed by atoms with van der Waals surface area (Å²) in [5, 5.41) is 0. The Labute approximate surface area is 157 Å². The van der Waals surface area contributed by atoms with Crippen molar-refractivity contribution in [1.82, 2.24) is 4.57 Å². The molecule has 0 fully saturated rings. The molecular weight excluding hydrogens is 344 g/mol. The Morgan fingerprint density at radius 3 is 2.65 bits per heavy atom. The van der Waals surface area contributed by atoms with E-state index in [1.165, 1.54) is 16.9 Å². The van der Waals surface area contributed by atoms with E-state index in [4.69, 9.17) is 4.74 Å². The van der Waals surface area contributed by atoms with Gasteiger partial charge in [0, 0.05) is 12.1 Å². The maximum Gasteiger partial charge on any atom is 0.279 e.